The molecule has 0 bridgehead atoms. The van der Waals surface area contributed by atoms with Crippen molar-refractivity contribution in [1.82, 2.24) is 4.90 Å². The van der Waals surface area contributed by atoms with Gasteiger partial charge in [0.2, 0.25) is 0 Å². The second-order valence-electron chi connectivity index (χ2n) is 8.60. The highest BCUT2D eigenvalue weighted by molar-refractivity contribution is 6.46. The van der Waals surface area contributed by atoms with Crippen LogP contribution in [-0.4, -0.2) is 42.0 Å². The summed E-state index contributed by atoms with van der Waals surface area (Å²) in [6.07, 6.45) is 4.82. The van der Waals surface area contributed by atoms with Crippen LogP contribution < -0.4 is 9.47 Å². The van der Waals surface area contributed by atoms with Crippen LogP contribution in [0.3, 0.4) is 0 Å². The number of nitrogens with zero attached hydrogens (tertiary/aromatic N) is 1. The van der Waals surface area contributed by atoms with Gasteiger partial charge in [-0.05, 0) is 31.4 Å². The molecule has 1 amide bonds. The summed E-state index contributed by atoms with van der Waals surface area (Å²) in [5, 5.41) is 11.7. The summed E-state index contributed by atoms with van der Waals surface area (Å²) >= 11 is 6.32. The molecule has 6 nitrogen and oxygen atoms in total. The Hall–Kier alpha value is -2.99. The lowest BCUT2D eigenvalue weighted by Gasteiger charge is -2.35. The molecule has 33 heavy (non-hydrogen) atoms. The number of aryl methyl sites for hydroxylation is 1. The van der Waals surface area contributed by atoms with Gasteiger partial charge in [0.25, 0.3) is 11.7 Å². The first-order valence-corrected chi connectivity index (χ1v) is 11.5. The Morgan fingerprint density at radius 2 is 1.73 bits per heavy atom. The Bertz CT molecular complexity index is 1120. The summed E-state index contributed by atoms with van der Waals surface area (Å²) in [5.74, 6) is -0.907. The fourth-order valence-corrected chi connectivity index (χ4v) is 5.18. The molecule has 0 aromatic heterocycles. The van der Waals surface area contributed by atoms with Crippen molar-refractivity contribution in [3.63, 3.8) is 0 Å². The maximum absolute atomic E-state index is 13.3. The molecule has 2 aromatic rings. The number of carbonyl (C=O) groups excluding carboxylic acids is 2. The summed E-state index contributed by atoms with van der Waals surface area (Å²) in [4.78, 5) is 28.3. The number of hydrogen-bond acceptors (Lipinski definition) is 5. The maximum atomic E-state index is 13.3. The molecule has 2 aromatic carbocycles. The summed E-state index contributed by atoms with van der Waals surface area (Å²) in [7, 11) is 2.94. The van der Waals surface area contributed by atoms with Gasteiger partial charge in [-0.25, -0.2) is 0 Å². The van der Waals surface area contributed by atoms with Gasteiger partial charge in [0, 0.05) is 12.1 Å². The molecule has 1 N–H and O–H groups in total. The number of halogens is 1. The second-order valence-corrected chi connectivity index (χ2v) is 9.01. The van der Waals surface area contributed by atoms with Crippen molar-refractivity contribution in [2.45, 2.75) is 51.1 Å². The molecule has 1 unspecified atom stereocenters. The van der Waals surface area contributed by atoms with E-state index in [0.717, 1.165) is 43.2 Å². The number of ether oxygens (including phenoxy) is 2. The third-order valence-corrected chi connectivity index (χ3v) is 6.83. The Balaban J connectivity index is 1.93. The molecule has 4 rings (SSSR count). The minimum Gasteiger partial charge on any atom is -0.507 e. The van der Waals surface area contributed by atoms with Crippen LogP contribution in [0.25, 0.3) is 5.76 Å². The van der Waals surface area contributed by atoms with Gasteiger partial charge < -0.3 is 19.5 Å². The first-order chi connectivity index (χ1) is 15.9. The standard InChI is InChI=1S/C26H28ClNO5/c1-15-8-7-9-16(12-15)23-22(25(30)26(31)28(23)17-10-5-4-6-11-17)24(29)18-13-19(27)21(33-3)14-20(18)32-2/h7-9,12-14,17,23,29H,4-6,10-11H2,1-3H3/b24-22+. The van der Waals surface area contributed by atoms with Gasteiger partial charge in [-0.3, -0.25) is 9.59 Å². The highest BCUT2D eigenvalue weighted by Gasteiger charge is 2.49. The van der Waals surface area contributed by atoms with Gasteiger partial charge in [0.05, 0.1) is 36.4 Å². The Kier molecular flexibility index (Phi) is 6.66. The number of aliphatic hydroxyl groups is 1. The molecule has 1 aliphatic heterocycles. The van der Waals surface area contributed by atoms with Gasteiger partial charge in [-0.1, -0.05) is 60.7 Å². The van der Waals surface area contributed by atoms with Crippen molar-refractivity contribution in [2.24, 2.45) is 0 Å². The molecule has 1 saturated carbocycles. The van der Waals surface area contributed by atoms with E-state index in [0.29, 0.717) is 11.5 Å². The Labute approximate surface area is 198 Å². The third kappa shape index (κ3) is 4.20. The fraction of sp³-hybridized carbons (Fsp3) is 0.385. The number of Topliss-reactive ketones (excluding diaryl/α,β-unsaturated/α-hetero) is 1. The molecular formula is C26H28ClNO5. The summed E-state index contributed by atoms with van der Waals surface area (Å²) in [6, 6.07) is 10.0. The number of aliphatic hydroxyl groups excluding tert-OH is 1. The van der Waals surface area contributed by atoms with Crippen LogP contribution in [0.1, 0.15) is 54.8 Å². The van der Waals surface area contributed by atoms with Crippen molar-refractivity contribution in [3.8, 4) is 11.5 Å². The van der Waals surface area contributed by atoms with Crippen LogP contribution in [-0.2, 0) is 9.59 Å². The van der Waals surface area contributed by atoms with Gasteiger partial charge in [-0.2, -0.15) is 0 Å². The smallest absolute Gasteiger partial charge is 0.295 e. The highest BCUT2D eigenvalue weighted by Crippen LogP contribution is 2.45. The molecule has 1 aliphatic carbocycles. The number of benzene rings is 2. The van der Waals surface area contributed by atoms with E-state index in [-0.39, 0.29) is 28.0 Å². The number of methoxy groups -OCH3 is 2. The van der Waals surface area contributed by atoms with Gasteiger partial charge in [0.1, 0.15) is 17.3 Å². The zero-order valence-corrected chi connectivity index (χ0v) is 19.8. The first kappa shape index (κ1) is 23.2. The van der Waals surface area contributed by atoms with E-state index in [9.17, 15) is 14.7 Å². The monoisotopic (exact) mass is 469 g/mol. The van der Waals surface area contributed by atoms with Crippen LogP contribution in [0, 0.1) is 6.92 Å². The minimum absolute atomic E-state index is 0.0487. The molecule has 2 fully saturated rings. The molecule has 7 heteroatoms. The van der Waals surface area contributed by atoms with Crippen LogP contribution in [0.5, 0.6) is 11.5 Å². The summed E-state index contributed by atoms with van der Waals surface area (Å²) < 4.78 is 10.7. The first-order valence-electron chi connectivity index (χ1n) is 11.2. The average molecular weight is 470 g/mol. The topological polar surface area (TPSA) is 76.1 Å². The van der Waals surface area contributed by atoms with E-state index in [2.05, 4.69) is 0 Å². The fourth-order valence-electron chi connectivity index (χ4n) is 4.94. The third-order valence-electron chi connectivity index (χ3n) is 6.54. The molecular weight excluding hydrogens is 442 g/mol. The molecule has 1 heterocycles. The second kappa shape index (κ2) is 9.48. The van der Waals surface area contributed by atoms with Gasteiger partial charge >= 0.3 is 0 Å². The van der Waals surface area contributed by atoms with Crippen LogP contribution in [0.4, 0.5) is 0 Å². The van der Waals surface area contributed by atoms with E-state index in [1.807, 2.05) is 31.2 Å². The normalized spacial score (nSPS) is 20.8. The molecule has 1 saturated heterocycles. The summed E-state index contributed by atoms with van der Waals surface area (Å²) in [6.45, 7) is 1.96. The number of likely N-dealkylation sites (tertiary alicyclic amines) is 1. The van der Waals surface area contributed by atoms with E-state index in [4.69, 9.17) is 21.1 Å². The van der Waals surface area contributed by atoms with Crippen molar-refractivity contribution in [2.75, 3.05) is 14.2 Å². The maximum Gasteiger partial charge on any atom is 0.295 e. The number of carbonyl (C=O) groups is 2. The lowest BCUT2D eigenvalue weighted by Crippen LogP contribution is -2.40. The van der Waals surface area contributed by atoms with E-state index in [1.165, 1.54) is 20.3 Å². The number of ketones is 1. The van der Waals surface area contributed by atoms with E-state index in [1.54, 1.807) is 11.0 Å². The van der Waals surface area contributed by atoms with Crippen molar-refractivity contribution < 1.29 is 24.2 Å². The number of rotatable bonds is 5. The zero-order valence-electron chi connectivity index (χ0n) is 19.1. The SMILES string of the molecule is COc1cc(OC)c(/C(O)=C2\C(=O)C(=O)N(C3CCCCC3)C2c2cccc(C)c2)cc1Cl. The predicted molar refractivity (Wildman–Crippen MR) is 127 cm³/mol. The average Bonchev–Trinajstić information content (AvgIpc) is 3.09. The zero-order chi connectivity index (χ0) is 23.7. The summed E-state index contributed by atoms with van der Waals surface area (Å²) in [5.41, 5.74) is 2.09. The Morgan fingerprint density at radius 1 is 1.03 bits per heavy atom. The molecule has 1 atom stereocenters. The highest BCUT2D eigenvalue weighted by atomic mass is 35.5. The number of amides is 1. The molecule has 174 valence electrons. The van der Waals surface area contributed by atoms with Gasteiger partial charge in [0.15, 0.2) is 0 Å². The lowest BCUT2D eigenvalue weighted by molar-refractivity contribution is -0.141. The minimum atomic E-state index is -0.696. The largest absolute Gasteiger partial charge is 0.507 e. The van der Waals surface area contributed by atoms with Crippen molar-refractivity contribution >= 4 is 29.1 Å². The number of hydrogen-bond donors (Lipinski definition) is 1. The molecule has 0 spiro atoms. The predicted octanol–water partition coefficient (Wildman–Crippen LogP) is 5.42. The van der Waals surface area contributed by atoms with Gasteiger partial charge in [-0.15, -0.1) is 0 Å². The van der Waals surface area contributed by atoms with Crippen molar-refractivity contribution in [3.05, 3.63) is 63.7 Å². The molecule has 2 aliphatic rings. The van der Waals surface area contributed by atoms with Crippen LogP contribution in [0.15, 0.2) is 42.0 Å². The van der Waals surface area contributed by atoms with E-state index < -0.39 is 17.7 Å². The van der Waals surface area contributed by atoms with Crippen LogP contribution in [0.2, 0.25) is 5.02 Å². The van der Waals surface area contributed by atoms with Crippen molar-refractivity contribution in [1.29, 1.82) is 0 Å². The quantitative estimate of drug-likeness (QED) is 0.359. The molecule has 0 radical (unpaired) electrons. The lowest BCUT2D eigenvalue weighted by atomic mass is 9.90. The van der Waals surface area contributed by atoms with Crippen LogP contribution >= 0.6 is 11.6 Å². The Morgan fingerprint density at radius 3 is 2.36 bits per heavy atom. The van der Waals surface area contributed by atoms with E-state index >= 15 is 0 Å².